The highest BCUT2D eigenvalue weighted by atomic mass is 79.9. The Kier molecular flexibility index (Phi) is 11.5. The van der Waals surface area contributed by atoms with Gasteiger partial charge in [-0.15, -0.1) is 0 Å². The van der Waals surface area contributed by atoms with Gasteiger partial charge < -0.3 is 24.8 Å². The van der Waals surface area contributed by atoms with E-state index in [0.717, 1.165) is 0 Å². The summed E-state index contributed by atoms with van der Waals surface area (Å²) in [7, 11) is 0. The number of nitrogens with one attached hydrogen (secondary N) is 3. The van der Waals surface area contributed by atoms with E-state index >= 15 is 0 Å². The lowest BCUT2D eigenvalue weighted by Gasteiger charge is -2.30. The van der Waals surface area contributed by atoms with Gasteiger partial charge in [-0.05, 0) is 60.2 Å². The molecule has 234 valence electrons. The van der Waals surface area contributed by atoms with Crippen LogP contribution in [-0.4, -0.2) is 41.3 Å². The van der Waals surface area contributed by atoms with E-state index in [1.54, 1.807) is 68.4 Å². The van der Waals surface area contributed by atoms with Crippen molar-refractivity contribution in [2.75, 3.05) is 13.2 Å². The average molecular weight is 717 g/mol. The van der Waals surface area contributed by atoms with Crippen LogP contribution in [0.25, 0.3) is 0 Å². The van der Waals surface area contributed by atoms with Crippen molar-refractivity contribution in [1.82, 2.24) is 16.1 Å². The molecule has 0 saturated heterocycles. The summed E-state index contributed by atoms with van der Waals surface area (Å²) in [5.74, 6) is -0.759. The number of nitro benzene ring substituents is 1. The van der Waals surface area contributed by atoms with Gasteiger partial charge in [-0.25, -0.2) is 10.2 Å². The molecule has 0 saturated carbocycles. The smallest absolute Gasteiger partial charge is 0.338 e. The molecule has 1 aliphatic heterocycles. The minimum atomic E-state index is -0.680. The van der Waals surface area contributed by atoms with Crippen molar-refractivity contribution in [3.05, 3.63) is 108 Å². The molecule has 3 aromatic rings. The van der Waals surface area contributed by atoms with E-state index in [1.165, 1.54) is 12.3 Å². The number of ether oxygens (including phenoxy) is 3. The summed E-state index contributed by atoms with van der Waals surface area (Å²) in [4.78, 5) is 36.5. The Morgan fingerprint density at radius 3 is 2.64 bits per heavy atom. The first-order valence-corrected chi connectivity index (χ1v) is 15.0. The molecular formula is C30H27BrClN5O7S. The number of nitro groups is 1. The number of halogens is 2. The second-order valence-corrected chi connectivity index (χ2v) is 11.1. The van der Waals surface area contributed by atoms with E-state index in [9.17, 15) is 19.7 Å². The molecule has 0 unspecified atom stereocenters. The monoisotopic (exact) mass is 715 g/mol. The van der Waals surface area contributed by atoms with E-state index in [1.807, 2.05) is 0 Å². The topological polar surface area (TPSA) is 153 Å². The van der Waals surface area contributed by atoms with Crippen molar-refractivity contribution in [2.24, 2.45) is 5.10 Å². The van der Waals surface area contributed by atoms with E-state index < -0.39 is 29.4 Å². The van der Waals surface area contributed by atoms with Gasteiger partial charge in [-0.1, -0.05) is 48.0 Å². The van der Waals surface area contributed by atoms with Crippen molar-refractivity contribution < 1.29 is 28.7 Å². The summed E-state index contributed by atoms with van der Waals surface area (Å²) < 4.78 is 17.0. The minimum Gasteiger partial charge on any atom is -0.483 e. The number of benzene rings is 3. The summed E-state index contributed by atoms with van der Waals surface area (Å²) in [5, 5.41) is 22.5. The molecule has 0 radical (unpaired) electrons. The molecule has 1 amide bonds. The number of rotatable bonds is 12. The molecule has 45 heavy (non-hydrogen) atoms. The first-order valence-electron chi connectivity index (χ1n) is 13.4. The van der Waals surface area contributed by atoms with Gasteiger partial charge in [-0.2, -0.15) is 5.10 Å². The molecule has 0 aliphatic carbocycles. The van der Waals surface area contributed by atoms with Crippen LogP contribution in [0, 0.1) is 10.1 Å². The molecule has 12 nitrogen and oxygen atoms in total. The normalized spacial score (nSPS) is 14.4. The molecule has 0 fully saturated rings. The standard InChI is InChI=1S/C30H27BrClN5O7S/c1-3-42-29(39)26-17(2)34-30(45)35-27(26)20-9-5-7-11-24(20)43-16-25(38)36-33-14-18-12-21(31)28(23(13-18)37(40)41)44-15-19-8-4-6-10-22(19)32/h4-14,27H,3,15-16H2,1-2H3,(H,36,38)(H2,34,35,45)/t27-/m1/s1. The third kappa shape index (κ3) is 8.56. The first kappa shape index (κ1) is 33.4. The number of hydrogen-bond donors (Lipinski definition) is 3. The summed E-state index contributed by atoms with van der Waals surface area (Å²) in [6, 6.07) is 16.0. The van der Waals surface area contributed by atoms with Crippen LogP contribution < -0.4 is 25.5 Å². The average Bonchev–Trinajstić information content (AvgIpc) is 2.99. The van der Waals surface area contributed by atoms with E-state index in [0.29, 0.717) is 48.3 Å². The summed E-state index contributed by atoms with van der Waals surface area (Å²) in [6.45, 7) is 3.22. The van der Waals surface area contributed by atoms with E-state index in [4.69, 9.17) is 38.0 Å². The van der Waals surface area contributed by atoms with Crippen LogP contribution in [0.15, 0.2) is 81.5 Å². The van der Waals surface area contributed by atoms with Crippen LogP contribution >= 0.6 is 39.7 Å². The van der Waals surface area contributed by atoms with Crippen molar-refractivity contribution in [3.63, 3.8) is 0 Å². The Morgan fingerprint density at radius 2 is 1.91 bits per heavy atom. The minimum absolute atomic E-state index is 0.0200. The van der Waals surface area contributed by atoms with Crippen molar-refractivity contribution in [3.8, 4) is 11.5 Å². The SMILES string of the molecule is CCOC(=O)C1=C(C)NC(=S)N[C@@H]1c1ccccc1OCC(=O)NN=Cc1cc(Br)c(OCc2ccccc2Cl)c([N+](=O)[O-])c1. The molecule has 1 heterocycles. The Labute approximate surface area is 277 Å². The highest BCUT2D eigenvalue weighted by Crippen LogP contribution is 2.37. The Bertz CT molecular complexity index is 1700. The number of allylic oxidation sites excluding steroid dienone is 1. The van der Waals surface area contributed by atoms with Crippen LogP contribution in [0.5, 0.6) is 11.5 Å². The molecule has 15 heteroatoms. The highest BCUT2D eigenvalue weighted by molar-refractivity contribution is 9.10. The molecule has 0 aromatic heterocycles. The fraction of sp³-hybridized carbons (Fsp3) is 0.200. The Morgan fingerprint density at radius 1 is 1.18 bits per heavy atom. The maximum atomic E-state index is 12.7. The van der Waals surface area contributed by atoms with Gasteiger partial charge in [0.15, 0.2) is 11.7 Å². The number of hydrogen-bond acceptors (Lipinski definition) is 9. The molecule has 0 bridgehead atoms. The number of para-hydroxylation sites is 1. The molecule has 1 aliphatic rings. The van der Waals surface area contributed by atoms with Gasteiger partial charge in [0.25, 0.3) is 5.91 Å². The molecule has 3 aromatic carbocycles. The summed E-state index contributed by atoms with van der Waals surface area (Å²) >= 11 is 14.8. The Hall–Kier alpha value is -4.53. The van der Waals surface area contributed by atoms with Gasteiger partial charge in [0, 0.05) is 33.5 Å². The van der Waals surface area contributed by atoms with Crippen LogP contribution in [0.4, 0.5) is 5.69 Å². The Balaban J connectivity index is 1.42. The fourth-order valence-electron chi connectivity index (χ4n) is 4.33. The number of hydrazone groups is 1. The maximum Gasteiger partial charge on any atom is 0.338 e. The number of nitrogens with zero attached hydrogens (tertiary/aromatic N) is 2. The number of amides is 1. The van der Waals surface area contributed by atoms with Crippen molar-refractivity contribution in [2.45, 2.75) is 26.5 Å². The lowest BCUT2D eigenvalue weighted by atomic mass is 9.95. The van der Waals surface area contributed by atoms with Gasteiger partial charge in [0.1, 0.15) is 12.4 Å². The predicted octanol–water partition coefficient (Wildman–Crippen LogP) is 5.47. The maximum absolute atomic E-state index is 12.7. The zero-order chi connectivity index (χ0) is 32.5. The van der Waals surface area contributed by atoms with Gasteiger partial charge >= 0.3 is 11.7 Å². The molecule has 4 rings (SSSR count). The van der Waals surface area contributed by atoms with Crippen LogP contribution in [-0.2, 0) is 20.9 Å². The first-order chi connectivity index (χ1) is 21.6. The zero-order valence-electron chi connectivity index (χ0n) is 24.0. The fourth-order valence-corrected chi connectivity index (χ4v) is 5.37. The second kappa shape index (κ2) is 15.5. The van der Waals surface area contributed by atoms with Crippen molar-refractivity contribution >= 4 is 68.6 Å². The quantitative estimate of drug-likeness (QED) is 0.0723. The largest absolute Gasteiger partial charge is 0.483 e. The number of carbonyl (C=O) groups is 2. The lowest BCUT2D eigenvalue weighted by molar-refractivity contribution is -0.386. The third-order valence-electron chi connectivity index (χ3n) is 6.33. The van der Waals surface area contributed by atoms with Crippen LogP contribution in [0.2, 0.25) is 5.02 Å². The van der Waals surface area contributed by atoms with Gasteiger partial charge in [-0.3, -0.25) is 14.9 Å². The van der Waals surface area contributed by atoms with E-state index in [2.05, 4.69) is 37.1 Å². The summed E-state index contributed by atoms with van der Waals surface area (Å²) in [6.07, 6.45) is 1.25. The third-order valence-corrected chi connectivity index (χ3v) is 7.51. The van der Waals surface area contributed by atoms with Crippen LogP contribution in [0.3, 0.4) is 0 Å². The van der Waals surface area contributed by atoms with Crippen molar-refractivity contribution in [1.29, 1.82) is 0 Å². The number of thiocarbonyl (C=S) groups is 1. The lowest BCUT2D eigenvalue weighted by Crippen LogP contribution is -2.45. The zero-order valence-corrected chi connectivity index (χ0v) is 27.1. The summed E-state index contributed by atoms with van der Waals surface area (Å²) in [5.41, 5.74) is 4.46. The number of esters is 1. The highest BCUT2D eigenvalue weighted by Gasteiger charge is 2.32. The molecule has 3 N–H and O–H groups in total. The molecule has 1 atom stereocenters. The predicted molar refractivity (Wildman–Crippen MR) is 175 cm³/mol. The van der Waals surface area contributed by atoms with Gasteiger partial charge in [0.2, 0.25) is 5.75 Å². The van der Waals surface area contributed by atoms with E-state index in [-0.39, 0.29) is 24.7 Å². The second-order valence-electron chi connectivity index (χ2n) is 9.40. The van der Waals surface area contributed by atoms with Gasteiger partial charge in [0.05, 0.1) is 33.8 Å². The van der Waals surface area contributed by atoms with Crippen LogP contribution in [0.1, 0.15) is 36.6 Å². The molecule has 0 spiro atoms. The number of carbonyl (C=O) groups excluding carboxylic acids is 2. The molecular weight excluding hydrogens is 690 g/mol.